The molecule has 0 radical (unpaired) electrons. The summed E-state index contributed by atoms with van der Waals surface area (Å²) in [5.74, 6) is -0.154. The Balaban J connectivity index is 1.46. The maximum absolute atomic E-state index is 12.4. The molecule has 1 aliphatic heterocycles. The number of rotatable bonds is 7. The molecule has 0 saturated carbocycles. The first kappa shape index (κ1) is 20.2. The van der Waals surface area contributed by atoms with Crippen molar-refractivity contribution in [1.29, 1.82) is 0 Å². The summed E-state index contributed by atoms with van der Waals surface area (Å²) < 4.78 is 0. The zero-order valence-electron chi connectivity index (χ0n) is 15.4. The van der Waals surface area contributed by atoms with E-state index in [0.717, 1.165) is 22.2 Å². The van der Waals surface area contributed by atoms with Crippen LogP contribution in [0.1, 0.15) is 11.1 Å². The number of thioether (sulfide) groups is 2. The van der Waals surface area contributed by atoms with Crippen molar-refractivity contribution < 1.29 is 14.4 Å². The zero-order chi connectivity index (χ0) is 19.9. The van der Waals surface area contributed by atoms with E-state index in [1.807, 2.05) is 61.5 Å². The van der Waals surface area contributed by atoms with E-state index in [4.69, 9.17) is 0 Å². The third kappa shape index (κ3) is 5.50. The molecule has 2 aromatic rings. The average Bonchev–Trinajstić information content (AvgIpc) is 2.95. The maximum Gasteiger partial charge on any atom is 0.293 e. The molecule has 28 heavy (non-hydrogen) atoms. The van der Waals surface area contributed by atoms with Crippen LogP contribution in [0.3, 0.4) is 0 Å². The summed E-state index contributed by atoms with van der Waals surface area (Å²) in [5.41, 5.74) is 2.04. The number of nitrogens with one attached hydrogen (secondary N) is 1. The van der Waals surface area contributed by atoms with Gasteiger partial charge in [0, 0.05) is 18.0 Å². The van der Waals surface area contributed by atoms with Crippen molar-refractivity contribution in [2.24, 2.45) is 0 Å². The van der Waals surface area contributed by atoms with Crippen LogP contribution in [0.4, 0.5) is 4.79 Å². The topological polar surface area (TPSA) is 66.5 Å². The number of aryl methyl sites for hydroxylation is 1. The van der Waals surface area contributed by atoms with E-state index >= 15 is 0 Å². The minimum atomic E-state index is -0.317. The zero-order valence-corrected chi connectivity index (χ0v) is 17.0. The average molecular weight is 413 g/mol. The van der Waals surface area contributed by atoms with Gasteiger partial charge in [-0.1, -0.05) is 48.0 Å². The van der Waals surface area contributed by atoms with Crippen LogP contribution < -0.4 is 5.32 Å². The number of carbonyl (C=O) groups is 3. The number of benzene rings is 2. The lowest BCUT2D eigenvalue weighted by Crippen LogP contribution is -2.37. The van der Waals surface area contributed by atoms with Gasteiger partial charge < -0.3 is 5.32 Å². The van der Waals surface area contributed by atoms with Crippen LogP contribution in [0.25, 0.3) is 6.08 Å². The molecule has 0 bridgehead atoms. The lowest BCUT2D eigenvalue weighted by atomic mass is 10.2. The van der Waals surface area contributed by atoms with Gasteiger partial charge in [-0.2, -0.15) is 0 Å². The van der Waals surface area contributed by atoms with Gasteiger partial charge in [-0.25, -0.2) is 0 Å². The second-order valence-corrected chi connectivity index (χ2v) is 8.24. The summed E-state index contributed by atoms with van der Waals surface area (Å²) in [7, 11) is 0. The molecule has 1 heterocycles. The number of amides is 3. The molecule has 7 heteroatoms. The van der Waals surface area contributed by atoms with Gasteiger partial charge >= 0.3 is 0 Å². The van der Waals surface area contributed by atoms with E-state index in [1.165, 1.54) is 22.2 Å². The highest BCUT2D eigenvalue weighted by Crippen LogP contribution is 2.31. The fourth-order valence-corrected chi connectivity index (χ4v) is 4.13. The van der Waals surface area contributed by atoms with Gasteiger partial charge in [-0.05, 0) is 42.5 Å². The maximum atomic E-state index is 12.4. The molecule has 0 aliphatic carbocycles. The summed E-state index contributed by atoms with van der Waals surface area (Å²) in [4.78, 5) is 39.1. The number of hydrogen-bond acceptors (Lipinski definition) is 5. The lowest BCUT2D eigenvalue weighted by molar-refractivity contribution is -0.123. The van der Waals surface area contributed by atoms with Gasteiger partial charge in [-0.3, -0.25) is 19.3 Å². The van der Waals surface area contributed by atoms with Crippen molar-refractivity contribution in [1.82, 2.24) is 10.2 Å². The normalized spacial score (nSPS) is 15.3. The van der Waals surface area contributed by atoms with Crippen LogP contribution in [-0.2, 0) is 9.59 Å². The molecule has 3 rings (SSSR count). The van der Waals surface area contributed by atoms with E-state index in [1.54, 1.807) is 6.08 Å². The summed E-state index contributed by atoms with van der Waals surface area (Å²) in [6, 6.07) is 17.4. The van der Waals surface area contributed by atoms with Crippen LogP contribution >= 0.6 is 23.5 Å². The Kier molecular flexibility index (Phi) is 6.95. The first-order chi connectivity index (χ1) is 13.5. The SMILES string of the molecule is Cc1ccc(SCC(=O)NCCN2C(=O)SC(=Cc3ccccc3)C2=O)cc1. The highest BCUT2D eigenvalue weighted by molar-refractivity contribution is 8.18. The molecule has 5 nitrogen and oxygen atoms in total. The van der Waals surface area contributed by atoms with Crippen LogP contribution in [0.2, 0.25) is 0 Å². The molecule has 0 atom stereocenters. The lowest BCUT2D eigenvalue weighted by Gasteiger charge is -2.13. The van der Waals surface area contributed by atoms with Crippen molar-refractivity contribution in [2.75, 3.05) is 18.8 Å². The number of carbonyl (C=O) groups excluding carboxylic acids is 3. The first-order valence-electron chi connectivity index (χ1n) is 8.79. The third-order valence-electron chi connectivity index (χ3n) is 4.02. The Labute approximate surface area is 172 Å². The summed E-state index contributed by atoms with van der Waals surface area (Å²) in [5, 5.41) is 2.45. The van der Waals surface area contributed by atoms with Gasteiger partial charge in [0.2, 0.25) is 5.91 Å². The number of nitrogens with zero attached hydrogens (tertiary/aromatic N) is 1. The van der Waals surface area contributed by atoms with Gasteiger partial charge in [0.05, 0.1) is 10.7 Å². The Morgan fingerprint density at radius 1 is 1.11 bits per heavy atom. The van der Waals surface area contributed by atoms with E-state index in [2.05, 4.69) is 5.32 Å². The highest BCUT2D eigenvalue weighted by Gasteiger charge is 2.34. The third-order valence-corrected chi connectivity index (χ3v) is 5.94. The van der Waals surface area contributed by atoms with Gasteiger partial charge in [-0.15, -0.1) is 11.8 Å². The smallest absolute Gasteiger partial charge is 0.293 e. The molecule has 2 aromatic carbocycles. The summed E-state index contributed by atoms with van der Waals surface area (Å²) in [6.07, 6.45) is 1.71. The molecule has 144 valence electrons. The van der Waals surface area contributed by atoms with Crippen molar-refractivity contribution in [2.45, 2.75) is 11.8 Å². The van der Waals surface area contributed by atoms with E-state index < -0.39 is 0 Å². The first-order valence-corrected chi connectivity index (χ1v) is 10.6. The monoisotopic (exact) mass is 412 g/mol. The van der Waals surface area contributed by atoms with Crippen molar-refractivity contribution in [3.63, 3.8) is 0 Å². The fourth-order valence-electron chi connectivity index (χ4n) is 2.53. The van der Waals surface area contributed by atoms with Crippen molar-refractivity contribution >= 4 is 46.7 Å². The molecule has 0 spiro atoms. The standard InChI is InChI=1S/C21H20N2O3S2/c1-15-7-9-17(10-8-15)27-14-19(24)22-11-12-23-20(25)18(28-21(23)26)13-16-5-3-2-4-6-16/h2-10,13H,11-12,14H2,1H3,(H,22,24). The summed E-state index contributed by atoms with van der Waals surface area (Å²) in [6.45, 7) is 2.42. The Bertz CT molecular complexity index is 896. The van der Waals surface area contributed by atoms with Gasteiger partial charge in [0.25, 0.3) is 11.1 Å². The van der Waals surface area contributed by atoms with Crippen molar-refractivity contribution in [3.05, 3.63) is 70.6 Å². The minimum absolute atomic E-state index is 0.127. The van der Waals surface area contributed by atoms with Gasteiger partial charge in [0.1, 0.15) is 0 Å². The molecule has 0 aromatic heterocycles. The van der Waals surface area contributed by atoms with Crippen LogP contribution in [0, 0.1) is 6.92 Å². The molecule has 3 amide bonds. The van der Waals surface area contributed by atoms with Crippen molar-refractivity contribution in [3.8, 4) is 0 Å². The molecule has 1 fully saturated rings. The van der Waals surface area contributed by atoms with E-state index in [-0.39, 0.29) is 30.1 Å². The minimum Gasteiger partial charge on any atom is -0.354 e. The van der Waals surface area contributed by atoms with E-state index in [9.17, 15) is 14.4 Å². The molecular formula is C21H20N2O3S2. The second kappa shape index (κ2) is 9.61. The Morgan fingerprint density at radius 2 is 1.82 bits per heavy atom. The second-order valence-electron chi connectivity index (χ2n) is 6.20. The van der Waals surface area contributed by atoms with Crippen LogP contribution in [-0.4, -0.2) is 40.8 Å². The quantitative estimate of drug-likeness (QED) is 0.551. The van der Waals surface area contributed by atoms with Crippen LogP contribution in [0.15, 0.2) is 64.4 Å². The molecule has 1 N–H and O–H groups in total. The van der Waals surface area contributed by atoms with Crippen LogP contribution in [0.5, 0.6) is 0 Å². The summed E-state index contributed by atoms with van der Waals surface area (Å²) >= 11 is 2.38. The largest absolute Gasteiger partial charge is 0.354 e. The van der Waals surface area contributed by atoms with E-state index in [0.29, 0.717) is 10.7 Å². The number of imide groups is 1. The molecule has 1 saturated heterocycles. The number of hydrogen-bond donors (Lipinski definition) is 1. The highest BCUT2D eigenvalue weighted by atomic mass is 32.2. The molecule has 1 aliphatic rings. The Hall–Kier alpha value is -2.51. The predicted octanol–water partition coefficient (Wildman–Crippen LogP) is 3.94. The van der Waals surface area contributed by atoms with Gasteiger partial charge in [0.15, 0.2) is 0 Å². The Morgan fingerprint density at radius 3 is 2.54 bits per heavy atom. The molecule has 0 unspecified atom stereocenters. The molecular weight excluding hydrogens is 392 g/mol. The predicted molar refractivity (Wildman–Crippen MR) is 114 cm³/mol. The fraction of sp³-hybridized carbons (Fsp3) is 0.190.